The number of hydrogen-bond acceptors (Lipinski definition) is 2. The standard InChI is InChI=1S/C49H33N3O/c1-2-15-34(16-3-1)52-45-24-12-9-20-39(45)42-31-41(37-18-6-8-21-40(37)48(42)52)36-17-5-7-19-38(36)46-30-33-14-4-11-23-44(33)51(46)35-28-26-32(27-29-35)49-50-43-22-10-13-25-47(43)53-49/h1-31,37,41H. The smallest absolute Gasteiger partial charge is 0.227 e. The molecule has 0 radical (unpaired) electrons. The summed E-state index contributed by atoms with van der Waals surface area (Å²) in [4.78, 5) is 4.75. The van der Waals surface area contributed by atoms with Crippen molar-refractivity contribution in [2.75, 3.05) is 0 Å². The average molecular weight is 680 g/mol. The Labute approximate surface area is 306 Å². The lowest BCUT2D eigenvalue weighted by Crippen LogP contribution is -2.38. The summed E-state index contributed by atoms with van der Waals surface area (Å²) < 4.78 is 11.0. The highest BCUT2D eigenvalue weighted by molar-refractivity contribution is 5.92. The van der Waals surface area contributed by atoms with Gasteiger partial charge in [-0.15, -0.1) is 0 Å². The number of benzene rings is 6. The van der Waals surface area contributed by atoms with Crippen LogP contribution in [0.2, 0.25) is 0 Å². The number of nitrogens with zero attached hydrogens (tertiary/aromatic N) is 3. The third-order valence-corrected chi connectivity index (χ3v) is 11.0. The molecular weight excluding hydrogens is 647 g/mol. The summed E-state index contributed by atoms with van der Waals surface area (Å²) in [5.41, 5.74) is 12.3. The molecule has 9 aromatic rings. The van der Waals surface area contributed by atoms with Gasteiger partial charge in [-0.1, -0.05) is 121 Å². The van der Waals surface area contributed by atoms with Crippen molar-refractivity contribution >= 4 is 44.6 Å². The summed E-state index contributed by atoms with van der Waals surface area (Å²) in [5, 5.41) is 5.06. The van der Waals surface area contributed by atoms with Crippen molar-refractivity contribution in [3.63, 3.8) is 0 Å². The molecular formula is C49H33N3O. The molecule has 2 atom stereocenters. The summed E-state index contributed by atoms with van der Waals surface area (Å²) in [6.45, 7) is 0. The zero-order valence-electron chi connectivity index (χ0n) is 28.8. The van der Waals surface area contributed by atoms with E-state index < -0.39 is 0 Å². The Morgan fingerprint density at radius 2 is 1.32 bits per heavy atom. The van der Waals surface area contributed by atoms with Crippen molar-refractivity contribution in [3.8, 4) is 34.1 Å². The minimum atomic E-state index is 0.123. The van der Waals surface area contributed by atoms with E-state index in [0.29, 0.717) is 5.89 Å². The minimum Gasteiger partial charge on any atom is -0.436 e. The quantitative estimate of drug-likeness (QED) is 0.182. The van der Waals surface area contributed by atoms with Crippen LogP contribution in [0.5, 0.6) is 0 Å². The van der Waals surface area contributed by atoms with Gasteiger partial charge >= 0.3 is 0 Å². The van der Waals surface area contributed by atoms with Crippen LogP contribution in [-0.2, 0) is 0 Å². The lowest BCUT2D eigenvalue weighted by molar-refractivity contribution is 0.620. The SMILES string of the molecule is C1=CC2=c3c(c4ccccc4n3-c3ccccc3)=CC(c3ccccc3-c3cc4ccccc4n3-c3ccc(-c4nc5ccccc5o4)cc3)C2C=C1. The Morgan fingerprint density at radius 1 is 0.585 bits per heavy atom. The van der Waals surface area contributed by atoms with Crippen LogP contribution in [0.15, 0.2) is 186 Å². The lowest BCUT2D eigenvalue weighted by Gasteiger charge is -2.30. The molecule has 0 fully saturated rings. The van der Waals surface area contributed by atoms with Gasteiger partial charge in [-0.2, -0.15) is 0 Å². The van der Waals surface area contributed by atoms with E-state index in [9.17, 15) is 0 Å². The van der Waals surface area contributed by atoms with Gasteiger partial charge in [-0.05, 0) is 77.9 Å². The van der Waals surface area contributed by atoms with Crippen LogP contribution in [0.25, 0.3) is 78.6 Å². The van der Waals surface area contributed by atoms with Gasteiger partial charge in [0, 0.05) is 50.3 Å². The van der Waals surface area contributed by atoms with Gasteiger partial charge in [-0.3, -0.25) is 0 Å². The summed E-state index contributed by atoms with van der Waals surface area (Å²) in [5.74, 6) is 0.926. The average Bonchev–Trinajstić information content (AvgIpc) is 3.93. The number of oxazole rings is 1. The van der Waals surface area contributed by atoms with E-state index in [1.165, 1.54) is 60.5 Å². The molecule has 2 aliphatic rings. The highest BCUT2D eigenvalue weighted by atomic mass is 16.3. The van der Waals surface area contributed by atoms with Crippen molar-refractivity contribution < 1.29 is 4.42 Å². The Morgan fingerprint density at radius 3 is 2.21 bits per heavy atom. The maximum absolute atomic E-state index is 6.12. The van der Waals surface area contributed by atoms with Gasteiger partial charge in [0.05, 0.1) is 22.1 Å². The molecule has 0 spiro atoms. The number of para-hydroxylation sites is 5. The molecule has 0 aliphatic heterocycles. The van der Waals surface area contributed by atoms with Crippen LogP contribution in [0.1, 0.15) is 11.5 Å². The molecule has 250 valence electrons. The van der Waals surface area contributed by atoms with E-state index in [1.807, 2.05) is 24.3 Å². The molecule has 6 aromatic carbocycles. The highest BCUT2D eigenvalue weighted by Crippen LogP contribution is 2.43. The first-order valence-electron chi connectivity index (χ1n) is 18.2. The molecule has 2 unspecified atom stereocenters. The third-order valence-electron chi connectivity index (χ3n) is 11.0. The van der Waals surface area contributed by atoms with E-state index >= 15 is 0 Å². The predicted molar refractivity (Wildman–Crippen MR) is 217 cm³/mol. The Balaban J connectivity index is 1.11. The molecule has 3 aromatic heterocycles. The van der Waals surface area contributed by atoms with Crippen molar-refractivity contribution in [2.45, 2.75) is 5.92 Å². The zero-order chi connectivity index (χ0) is 34.9. The van der Waals surface area contributed by atoms with Gasteiger partial charge in [0.25, 0.3) is 0 Å². The molecule has 2 aliphatic carbocycles. The van der Waals surface area contributed by atoms with E-state index in [0.717, 1.165) is 22.4 Å². The first-order valence-corrected chi connectivity index (χ1v) is 18.2. The molecule has 0 N–H and O–H groups in total. The minimum absolute atomic E-state index is 0.123. The van der Waals surface area contributed by atoms with Crippen molar-refractivity contribution in [2.24, 2.45) is 5.92 Å². The van der Waals surface area contributed by atoms with Crippen molar-refractivity contribution in [1.82, 2.24) is 14.1 Å². The molecule has 0 bridgehead atoms. The number of rotatable bonds is 5. The van der Waals surface area contributed by atoms with Crippen LogP contribution in [-0.4, -0.2) is 14.1 Å². The van der Waals surface area contributed by atoms with E-state index in [1.54, 1.807) is 0 Å². The monoisotopic (exact) mass is 679 g/mol. The first-order chi connectivity index (χ1) is 26.3. The Bertz CT molecular complexity index is 3030. The maximum Gasteiger partial charge on any atom is 0.227 e. The second kappa shape index (κ2) is 11.8. The number of hydrogen-bond donors (Lipinski definition) is 0. The first kappa shape index (κ1) is 29.8. The lowest BCUT2D eigenvalue weighted by atomic mass is 9.74. The molecule has 4 nitrogen and oxygen atoms in total. The van der Waals surface area contributed by atoms with Crippen LogP contribution in [0.3, 0.4) is 0 Å². The molecule has 3 heterocycles. The van der Waals surface area contributed by atoms with E-state index in [4.69, 9.17) is 9.40 Å². The van der Waals surface area contributed by atoms with Gasteiger partial charge in [0.1, 0.15) is 5.52 Å². The van der Waals surface area contributed by atoms with Crippen molar-refractivity contribution in [3.05, 3.63) is 198 Å². The molecule has 53 heavy (non-hydrogen) atoms. The summed E-state index contributed by atoms with van der Waals surface area (Å²) in [6, 6.07) is 56.1. The highest BCUT2D eigenvalue weighted by Gasteiger charge is 2.31. The fourth-order valence-corrected chi connectivity index (χ4v) is 8.64. The van der Waals surface area contributed by atoms with Gasteiger partial charge in [-0.25, -0.2) is 4.98 Å². The predicted octanol–water partition coefficient (Wildman–Crippen LogP) is 10.5. The van der Waals surface area contributed by atoms with Gasteiger partial charge in [0.15, 0.2) is 5.58 Å². The fourth-order valence-electron chi connectivity index (χ4n) is 8.64. The number of allylic oxidation sites excluding steroid dienone is 4. The van der Waals surface area contributed by atoms with E-state index in [-0.39, 0.29) is 11.8 Å². The van der Waals surface area contributed by atoms with Crippen molar-refractivity contribution in [1.29, 1.82) is 0 Å². The topological polar surface area (TPSA) is 35.9 Å². The normalized spacial score (nSPS) is 16.3. The van der Waals surface area contributed by atoms with Gasteiger partial charge < -0.3 is 13.6 Å². The maximum atomic E-state index is 6.12. The van der Waals surface area contributed by atoms with E-state index in [2.05, 4.69) is 173 Å². The summed E-state index contributed by atoms with van der Waals surface area (Å²) in [7, 11) is 0. The molecule has 0 saturated carbocycles. The molecule has 0 amide bonds. The molecule has 0 saturated heterocycles. The second-order valence-corrected chi connectivity index (χ2v) is 13.9. The molecule has 11 rings (SSSR count). The van der Waals surface area contributed by atoms with Crippen LogP contribution in [0, 0.1) is 5.92 Å². The third kappa shape index (κ3) is 4.66. The fraction of sp³-hybridized carbons (Fsp3) is 0.0408. The van der Waals surface area contributed by atoms with Gasteiger partial charge in [0.2, 0.25) is 5.89 Å². The van der Waals surface area contributed by atoms with Crippen LogP contribution < -0.4 is 10.6 Å². The Hall–Kier alpha value is -6.91. The number of aromatic nitrogens is 3. The summed E-state index contributed by atoms with van der Waals surface area (Å²) >= 11 is 0. The Kier molecular flexibility index (Phi) is 6.65. The van der Waals surface area contributed by atoms with Crippen LogP contribution >= 0.6 is 0 Å². The summed E-state index contributed by atoms with van der Waals surface area (Å²) in [6.07, 6.45) is 11.7. The number of fused-ring (bicyclic) bond motifs is 6. The van der Waals surface area contributed by atoms with Crippen LogP contribution in [0.4, 0.5) is 0 Å². The zero-order valence-corrected chi connectivity index (χ0v) is 28.8. The second-order valence-electron chi connectivity index (χ2n) is 13.9. The largest absolute Gasteiger partial charge is 0.436 e. The molecule has 4 heteroatoms.